The number of hydrogen-bond donors (Lipinski definition) is 0. The van der Waals surface area contributed by atoms with Gasteiger partial charge in [-0.3, -0.25) is 4.79 Å². The fraction of sp³-hybridized carbons (Fsp3) is 0.588. The number of aromatic nitrogens is 3. The van der Waals surface area contributed by atoms with E-state index in [9.17, 15) is 4.79 Å². The number of rotatable bonds is 2. The van der Waals surface area contributed by atoms with Gasteiger partial charge in [-0.2, -0.15) is 5.10 Å². The molecule has 1 aliphatic heterocycles. The molecule has 0 radical (unpaired) electrons. The molecule has 1 atom stereocenters. The maximum Gasteiger partial charge on any atom is 0.226 e. The predicted octanol–water partition coefficient (Wildman–Crippen LogP) is 2.76. The van der Waals surface area contributed by atoms with E-state index >= 15 is 0 Å². The molecule has 0 aromatic carbocycles. The van der Waals surface area contributed by atoms with Crippen LogP contribution in [0.1, 0.15) is 51.1 Å². The second kappa shape index (κ2) is 5.07. The molecule has 1 aliphatic carbocycles. The van der Waals surface area contributed by atoms with E-state index in [0.29, 0.717) is 5.91 Å². The van der Waals surface area contributed by atoms with E-state index in [0.717, 1.165) is 43.6 Å². The van der Waals surface area contributed by atoms with Crippen molar-refractivity contribution in [1.82, 2.24) is 19.5 Å². The Morgan fingerprint density at radius 2 is 2.05 bits per heavy atom. The standard InChI is InChI=1S/C17H22N4O/c1-17(14-7-10-18-15-8-11-19-21(14)15)9-4-12-20(17)16(22)13-5-2-3-6-13/h7-8,10-11,13H,2-6,9,12H2,1H3/t17-/m0/s1. The zero-order chi connectivity index (χ0) is 15.2. The molecule has 5 nitrogen and oxygen atoms in total. The van der Waals surface area contributed by atoms with Crippen molar-refractivity contribution in [3.63, 3.8) is 0 Å². The van der Waals surface area contributed by atoms with Crippen molar-refractivity contribution < 1.29 is 4.79 Å². The summed E-state index contributed by atoms with van der Waals surface area (Å²) in [7, 11) is 0. The lowest BCUT2D eigenvalue weighted by Gasteiger charge is -2.37. The third-order valence-electron chi connectivity index (χ3n) is 5.45. The number of carbonyl (C=O) groups is 1. The van der Waals surface area contributed by atoms with E-state index in [-0.39, 0.29) is 11.5 Å². The van der Waals surface area contributed by atoms with Gasteiger partial charge >= 0.3 is 0 Å². The second-order valence-corrected chi connectivity index (χ2v) is 6.78. The van der Waals surface area contributed by atoms with Crippen molar-refractivity contribution >= 4 is 11.6 Å². The van der Waals surface area contributed by atoms with Gasteiger partial charge in [0.15, 0.2) is 5.65 Å². The summed E-state index contributed by atoms with van der Waals surface area (Å²) in [6, 6.07) is 3.92. The highest BCUT2D eigenvalue weighted by Gasteiger charge is 2.44. The Balaban J connectivity index is 1.74. The molecule has 5 heteroatoms. The smallest absolute Gasteiger partial charge is 0.226 e. The molecule has 0 N–H and O–H groups in total. The van der Waals surface area contributed by atoms with Crippen molar-refractivity contribution in [3.8, 4) is 0 Å². The van der Waals surface area contributed by atoms with E-state index < -0.39 is 0 Å². The van der Waals surface area contributed by atoms with Gasteiger partial charge in [0.1, 0.15) is 0 Å². The molecule has 2 aliphatic rings. The first-order valence-corrected chi connectivity index (χ1v) is 8.31. The zero-order valence-corrected chi connectivity index (χ0v) is 13.0. The first-order valence-electron chi connectivity index (χ1n) is 8.31. The molecule has 2 aromatic heterocycles. The fourth-order valence-electron chi connectivity index (χ4n) is 4.22. The molecule has 0 spiro atoms. The number of amides is 1. The average molecular weight is 298 g/mol. The van der Waals surface area contributed by atoms with Gasteiger partial charge in [-0.25, -0.2) is 9.50 Å². The minimum atomic E-state index is -0.271. The highest BCUT2D eigenvalue weighted by molar-refractivity contribution is 5.80. The molecule has 0 unspecified atom stereocenters. The molecule has 3 heterocycles. The SMILES string of the molecule is C[C@@]1(c2ccnc3ccnn23)CCCN1C(=O)C1CCCC1. The van der Waals surface area contributed by atoms with E-state index in [1.54, 1.807) is 6.20 Å². The zero-order valence-electron chi connectivity index (χ0n) is 13.0. The summed E-state index contributed by atoms with van der Waals surface area (Å²) in [5, 5.41) is 4.42. The van der Waals surface area contributed by atoms with Gasteiger partial charge < -0.3 is 4.90 Å². The van der Waals surface area contributed by atoms with E-state index in [2.05, 4.69) is 21.9 Å². The lowest BCUT2D eigenvalue weighted by Crippen LogP contribution is -2.46. The van der Waals surface area contributed by atoms with Crippen molar-refractivity contribution in [1.29, 1.82) is 0 Å². The fourth-order valence-corrected chi connectivity index (χ4v) is 4.22. The van der Waals surface area contributed by atoms with Gasteiger partial charge in [0.2, 0.25) is 5.91 Å². The third kappa shape index (κ3) is 1.95. The number of hydrogen-bond acceptors (Lipinski definition) is 3. The Bertz CT molecular complexity index is 704. The highest BCUT2D eigenvalue weighted by Crippen LogP contribution is 2.41. The van der Waals surface area contributed by atoms with Gasteiger partial charge in [0.25, 0.3) is 0 Å². The predicted molar refractivity (Wildman–Crippen MR) is 83.2 cm³/mol. The summed E-state index contributed by atoms with van der Waals surface area (Å²) in [5.41, 5.74) is 1.65. The molecule has 0 bridgehead atoms. The highest BCUT2D eigenvalue weighted by atomic mass is 16.2. The first kappa shape index (κ1) is 13.7. The van der Waals surface area contributed by atoms with Gasteiger partial charge in [0.05, 0.1) is 17.4 Å². The first-order chi connectivity index (χ1) is 10.7. The van der Waals surface area contributed by atoms with Crippen LogP contribution < -0.4 is 0 Å². The van der Waals surface area contributed by atoms with Gasteiger partial charge in [0, 0.05) is 24.7 Å². The van der Waals surface area contributed by atoms with Crippen LogP contribution in [0.3, 0.4) is 0 Å². The largest absolute Gasteiger partial charge is 0.331 e. The van der Waals surface area contributed by atoms with Crippen LogP contribution in [0.5, 0.6) is 0 Å². The molecule has 1 saturated heterocycles. The summed E-state index contributed by atoms with van der Waals surface area (Å²) in [6.07, 6.45) is 10.1. The summed E-state index contributed by atoms with van der Waals surface area (Å²) >= 11 is 0. The number of likely N-dealkylation sites (tertiary alicyclic amines) is 1. The van der Waals surface area contributed by atoms with Gasteiger partial charge in [-0.05, 0) is 38.7 Å². The van der Waals surface area contributed by atoms with Crippen LogP contribution in [0.25, 0.3) is 5.65 Å². The van der Waals surface area contributed by atoms with E-state index in [1.807, 2.05) is 22.8 Å². The van der Waals surface area contributed by atoms with Crippen molar-refractivity contribution in [2.75, 3.05) is 6.54 Å². The van der Waals surface area contributed by atoms with Gasteiger partial charge in [-0.1, -0.05) is 12.8 Å². The normalized spacial score (nSPS) is 26.1. The van der Waals surface area contributed by atoms with Crippen molar-refractivity contribution in [2.45, 2.75) is 51.0 Å². The minimum absolute atomic E-state index is 0.229. The Kier molecular flexibility index (Phi) is 3.17. The Morgan fingerprint density at radius 1 is 1.23 bits per heavy atom. The topological polar surface area (TPSA) is 50.5 Å². The van der Waals surface area contributed by atoms with Crippen molar-refractivity contribution in [2.24, 2.45) is 5.92 Å². The summed E-state index contributed by atoms with van der Waals surface area (Å²) in [4.78, 5) is 19.5. The van der Waals surface area contributed by atoms with Gasteiger partial charge in [-0.15, -0.1) is 0 Å². The van der Waals surface area contributed by atoms with Crippen molar-refractivity contribution in [3.05, 3.63) is 30.2 Å². The van der Waals surface area contributed by atoms with Crippen LogP contribution in [0.2, 0.25) is 0 Å². The van der Waals surface area contributed by atoms with Crippen LogP contribution in [0.15, 0.2) is 24.5 Å². The molecule has 1 saturated carbocycles. The molecule has 2 fully saturated rings. The lowest BCUT2D eigenvalue weighted by molar-refractivity contribution is -0.139. The van der Waals surface area contributed by atoms with E-state index in [1.165, 1.54) is 12.8 Å². The molecule has 22 heavy (non-hydrogen) atoms. The summed E-state index contributed by atoms with van der Waals surface area (Å²) in [5.74, 6) is 0.571. The maximum atomic E-state index is 13.0. The molecule has 4 rings (SSSR count). The molecule has 116 valence electrons. The lowest BCUT2D eigenvalue weighted by atomic mass is 9.92. The van der Waals surface area contributed by atoms with E-state index in [4.69, 9.17) is 0 Å². The molecule has 2 aromatic rings. The summed E-state index contributed by atoms with van der Waals surface area (Å²) in [6.45, 7) is 3.04. The summed E-state index contributed by atoms with van der Waals surface area (Å²) < 4.78 is 1.89. The monoisotopic (exact) mass is 298 g/mol. The maximum absolute atomic E-state index is 13.0. The molecular weight excluding hydrogens is 276 g/mol. The average Bonchev–Trinajstić information content (AvgIpc) is 3.26. The minimum Gasteiger partial charge on any atom is -0.331 e. The van der Waals surface area contributed by atoms with Crippen LogP contribution >= 0.6 is 0 Å². The number of nitrogens with zero attached hydrogens (tertiary/aromatic N) is 4. The Labute approximate surface area is 130 Å². The third-order valence-corrected chi connectivity index (χ3v) is 5.45. The Morgan fingerprint density at radius 3 is 2.86 bits per heavy atom. The molecular formula is C17H22N4O. The van der Waals surface area contributed by atoms with Crippen LogP contribution in [-0.4, -0.2) is 31.9 Å². The van der Waals surface area contributed by atoms with Crippen LogP contribution in [-0.2, 0) is 10.3 Å². The van der Waals surface area contributed by atoms with Crippen LogP contribution in [0, 0.1) is 5.92 Å². The number of fused-ring (bicyclic) bond motifs is 1. The quantitative estimate of drug-likeness (QED) is 0.856. The second-order valence-electron chi connectivity index (χ2n) is 6.78. The number of carbonyl (C=O) groups excluding carboxylic acids is 1. The van der Waals surface area contributed by atoms with Crippen LogP contribution in [0.4, 0.5) is 0 Å². The Hall–Kier alpha value is -1.91. The molecule has 1 amide bonds.